The van der Waals surface area contributed by atoms with E-state index in [0.29, 0.717) is 28.8 Å². The number of aryl methyl sites for hydroxylation is 2. The third kappa shape index (κ3) is 5.15. The zero-order valence-electron chi connectivity index (χ0n) is 21.6. The number of rotatable bonds is 8. The normalized spacial score (nSPS) is 12.3. The molecule has 0 atom stereocenters. The lowest BCUT2D eigenvalue weighted by atomic mass is 10.1. The molecule has 9 heteroatoms. The van der Waals surface area contributed by atoms with Crippen LogP contribution in [-0.2, 0) is 17.8 Å². The van der Waals surface area contributed by atoms with Crippen molar-refractivity contribution in [1.29, 1.82) is 0 Å². The van der Waals surface area contributed by atoms with Gasteiger partial charge in [0.25, 0.3) is 5.91 Å². The molecule has 0 saturated heterocycles. The van der Waals surface area contributed by atoms with E-state index in [-0.39, 0.29) is 24.1 Å². The molecule has 4 aromatic rings. The highest BCUT2D eigenvalue weighted by atomic mass is 32.2. The summed E-state index contributed by atoms with van der Waals surface area (Å²) in [4.78, 5) is 27.9. The molecule has 38 heavy (non-hydrogen) atoms. The van der Waals surface area contributed by atoms with Crippen molar-refractivity contribution < 1.29 is 14.3 Å². The Hall–Kier alpha value is -4.11. The van der Waals surface area contributed by atoms with E-state index >= 15 is 0 Å². The first-order chi connectivity index (χ1) is 18.5. The lowest BCUT2D eigenvalue weighted by molar-refractivity contribution is -0.116. The van der Waals surface area contributed by atoms with E-state index in [4.69, 9.17) is 4.74 Å². The molecule has 2 heterocycles. The molecule has 2 amide bonds. The summed E-state index contributed by atoms with van der Waals surface area (Å²) in [7, 11) is 1.54. The molecule has 8 nitrogen and oxygen atoms in total. The van der Waals surface area contributed by atoms with Crippen LogP contribution in [0, 0.1) is 13.8 Å². The average Bonchev–Trinajstić information content (AvgIpc) is 3.56. The van der Waals surface area contributed by atoms with Crippen LogP contribution in [0.25, 0.3) is 5.69 Å². The van der Waals surface area contributed by atoms with Crippen molar-refractivity contribution in [3.8, 4) is 11.4 Å². The summed E-state index contributed by atoms with van der Waals surface area (Å²) in [5.41, 5.74) is 5.65. The topological polar surface area (TPSA) is 89.3 Å². The summed E-state index contributed by atoms with van der Waals surface area (Å²) in [6.07, 6.45) is 0.862. The van der Waals surface area contributed by atoms with E-state index in [1.54, 1.807) is 18.2 Å². The van der Waals surface area contributed by atoms with Gasteiger partial charge in [-0.2, -0.15) is 0 Å². The van der Waals surface area contributed by atoms with Crippen LogP contribution in [0.4, 0.5) is 5.69 Å². The Balaban J connectivity index is 1.39. The molecule has 194 valence electrons. The highest BCUT2D eigenvalue weighted by Gasteiger charge is 2.25. The number of hydrogen-bond donors (Lipinski definition) is 1. The van der Waals surface area contributed by atoms with Gasteiger partial charge in [0.1, 0.15) is 5.75 Å². The maximum atomic E-state index is 13.2. The Bertz CT molecular complexity index is 1500. The Labute approximate surface area is 226 Å². The minimum absolute atomic E-state index is 0.0292. The highest BCUT2D eigenvalue weighted by Crippen LogP contribution is 2.30. The number of carbonyl (C=O) groups is 2. The fraction of sp³-hybridized carbons (Fsp3) is 0.241. The summed E-state index contributed by atoms with van der Waals surface area (Å²) in [5, 5.41) is 12.4. The quantitative estimate of drug-likeness (QED) is 0.339. The monoisotopic (exact) mass is 527 g/mol. The highest BCUT2D eigenvalue weighted by molar-refractivity contribution is 7.99. The Morgan fingerprint density at radius 1 is 1.00 bits per heavy atom. The van der Waals surface area contributed by atoms with Crippen LogP contribution >= 0.6 is 11.8 Å². The predicted octanol–water partition coefficient (Wildman–Crippen LogP) is 4.50. The second-order valence-corrected chi connectivity index (χ2v) is 10.1. The minimum Gasteiger partial charge on any atom is -0.496 e. The van der Waals surface area contributed by atoms with Gasteiger partial charge in [0, 0.05) is 12.2 Å². The van der Waals surface area contributed by atoms with Crippen LogP contribution in [0.5, 0.6) is 5.75 Å². The molecule has 1 aliphatic rings. The number of ether oxygens (including phenoxy) is 1. The van der Waals surface area contributed by atoms with Crippen LogP contribution in [0.2, 0.25) is 0 Å². The summed E-state index contributed by atoms with van der Waals surface area (Å²) < 4.78 is 7.26. The Morgan fingerprint density at radius 3 is 2.63 bits per heavy atom. The van der Waals surface area contributed by atoms with Crippen molar-refractivity contribution in [3.63, 3.8) is 0 Å². The molecular weight excluding hydrogens is 498 g/mol. The molecule has 0 fully saturated rings. The van der Waals surface area contributed by atoms with E-state index in [2.05, 4.69) is 27.6 Å². The Kier molecular flexibility index (Phi) is 7.46. The van der Waals surface area contributed by atoms with Gasteiger partial charge in [0.15, 0.2) is 11.0 Å². The van der Waals surface area contributed by atoms with Crippen LogP contribution in [0.15, 0.2) is 71.9 Å². The van der Waals surface area contributed by atoms with E-state index < -0.39 is 0 Å². The second-order valence-electron chi connectivity index (χ2n) is 9.12. The first-order valence-corrected chi connectivity index (χ1v) is 13.4. The Morgan fingerprint density at radius 2 is 1.79 bits per heavy atom. The number of fused-ring (bicyclic) bond motifs is 1. The number of thioether (sulfide) groups is 1. The molecule has 0 spiro atoms. The van der Waals surface area contributed by atoms with Gasteiger partial charge in [-0.1, -0.05) is 54.2 Å². The molecule has 1 aromatic heterocycles. The molecule has 0 radical (unpaired) electrons. The summed E-state index contributed by atoms with van der Waals surface area (Å²) in [6.45, 7) is 4.89. The molecular formula is C29H29N5O3S. The van der Waals surface area contributed by atoms with E-state index in [9.17, 15) is 9.59 Å². The molecule has 0 unspecified atom stereocenters. The van der Waals surface area contributed by atoms with Gasteiger partial charge in [-0.25, -0.2) is 0 Å². The maximum absolute atomic E-state index is 13.2. The first-order valence-electron chi connectivity index (χ1n) is 12.4. The molecule has 1 N–H and O–H groups in total. The lowest BCUT2D eigenvalue weighted by Gasteiger charge is -2.18. The number of nitrogens with one attached hydrogen (secondary N) is 1. The largest absolute Gasteiger partial charge is 0.496 e. The lowest BCUT2D eigenvalue weighted by Crippen LogP contribution is -2.30. The predicted molar refractivity (Wildman–Crippen MR) is 148 cm³/mol. The van der Waals surface area contributed by atoms with E-state index in [1.165, 1.54) is 24.4 Å². The molecule has 0 aliphatic carbocycles. The SMILES string of the molecule is COc1ccccc1C(=O)NCc1nnc(SCC(=O)N2CCc3ccccc32)n1-c1cc(C)ccc1C. The standard InChI is InChI=1S/C29H29N5O3S/c1-19-12-13-20(2)24(16-19)34-26(17-30-28(36)22-9-5-7-11-25(22)37-3)31-32-29(34)38-18-27(35)33-15-14-21-8-4-6-10-23(21)33/h4-13,16H,14-15,17-18H2,1-3H3,(H,30,36). The second kappa shape index (κ2) is 11.1. The maximum Gasteiger partial charge on any atom is 0.255 e. The van der Waals surface area contributed by atoms with Gasteiger partial charge in [-0.05, 0) is 61.2 Å². The zero-order chi connectivity index (χ0) is 26.6. The van der Waals surface area contributed by atoms with Gasteiger partial charge < -0.3 is 15.0 Å². The third-order valence-electron chi connectivity index (χ3n) is 6.58. The summed E-state index contributed by atoms with van der Waals surface area (Å²) in [5.74, 6) is 1.06. The molecule has 0 bridgehead atoms. The number of hydrogen-bond acceptors (Lipinski definition) is 6. The number of nitrogens with zero attached hydrogens (tertiary/aromatic N) is 4. The molecule has 1 aliphatic heterocycles. The van der Waals surface area contributed by atoms with Crippen LogP contribution in [0.1, 0.15) is 32.9 Å². The molecule has 3 aromatic carbocycles. The smallest absolute Gasteiger partial charge is 0.255 e. The number of benzene rings is 3. The van der Waals surface area contributed by atoms with E-state index in [0.717, 1.165) is 28.9 Å². The fourth-order valence-corrected chi connectivity index (χ4v) is 5.44. The number of anilines is 1. The van der Waals surface area contributed by atoms with Crippen LogP contribution in [-0.4, -0.2) is 46.0 Å². The van der Waals surface area contributed by atoms with E-state index in [1.807, 2.05) is 59.7 Å². The van der Waals surface area contributed by atoms with Gasteiger partial charge >= 0.3 is 0 Å². The zero-order valence-corrected chi connectivity index (χ0v) is 22.4. The molecule has 0 saturated carbocycles. The van der Waals surface area contributed by atoms with Crippen molar-refractivity contribution in [3.05, 3.63) is 94.8 Å². The fourth-order valence-electron chi connectivity index (χ4n) is 4.60. The number of aromatic nitrogens is 3. The van der Waals surface area contributed by atoms with Crippen LogP contribution in [0.3, 0.4) is 0 Å². The third-order valence-corrected chi connectivity index (χ3v) is 7.49. The summed E-state index contributed by atoms with van der Waals surface area (Å²) in [6, 6.07) is 21.3. The van der Waals surface area contributed by atoms with Gasteiger partial charge in [0.05, 0.1) is 30.7 Å². The van der Waals surface area contributed by atoms with Gasteiger partial charge in [-0.15, -0.1) is 10.2 Å². The average molecular weight is 528 g/mol. The van der Waals surface area contributed by atoms with Crippen molar-refractivity contribution in [2.75, 3.05) is 24.3 Å². The van der Waals surface area contributed by atoms with Crippen molar-refractivity contribution in [2.45, 2.75) is 32.0 Å². The van der Waals surface area contributed by atoms with Crippen molar-refractivity contribution in [1.82, 2.24) is 20.1 Å². The van der Waals surface area contributed by atoms with Crippen molar-refractivity contribution >= 4 is 29.3 Å². The first kappa shape index (κ1) is 25.5. The number of amides is 2. The van der Waals surface area contributed by atoms with Crippen molar-refractivity contribution in [2.24, 2.45) is 0 Å². The van der Waals surface area contributed by atoms with Crippen LogP contribution < -0.4 is 15.0 Å². The number of methoxy groups -OCH3 is 1. The number of carbonyl (C=O) groups excluding carboxylic acids is 2. The van der Waals surface area contributed by atoms with Gasteiger partial charge in [0.2, 0.25) is 5.91 Å². The molecule has 5 rings (SSSR count). The summed E-state index contributed by atoms with van der Waals surface area (Å²) >= 11 is 1.35. The minimum atomic E-state index is -0.268. The number of para-hydroxylation sites is 2. The van der Waals surface area contributed by atoms with Gasteiger partial charge in [-0.3, -0.25) is 14.2 Å².